The molecule has 2 aromatic rings. The first-order valence-electron chi connectivity index (χ1n) is 9.79. The summed E-state index contributed by atoms with van der Waals surface area (Å²) in [5, 5.41) is 3.60. The number of benzene rings is 1. The van der Waals surface area contributed by atoms with Crippen molar-refractivity contribution >= 4 is 17.5 Å². The minimum absolute atomic E-state index is 0.0848. The van der Waals surface area contributed by atoms with Crippen LogP contribution in [0.3, 0.4) is 0 Å². The fourth-order valence-electron chi connectivity index (χ4n) is 4.99. The molecule has 1 unspecified atom stereocenters. The Morgan fingerprint density at radius 1 is 1.29 bits per heavy atom. The zero-order chi connectivity index (χ0) is 19.7. The zero-order valence-corrected chi connectivity index (χ0v) is 17.1. The van der Waals surface area contributed by atoms with Gasteiger partial charge in [0, 0.05) is 18.3 Å². The molecule has 28 heavy (non-hydrogen) atoms. The molecule has 2 bridgehead atoms. The first-order chi connectivity index (χ1) is 13.5. The zero-order valence-electron chi connectivity index (χ0n) is 16.3. The van der Waals surface area contributed by atoms with Crippen molar-refractivity contribution in [3.8, 4) is 5.75 Å². The number of carbonyl (C=O) groups excluding carboxylic acids is 1. The van der Waals surface area contributed by atoms with E-state index in [1.165, 1.54) is 32.3 Å². The lowest BCUT2D eigenvalue weighted by molar-refractivity contribution is -0.0404. The van der Waals surface area contributed by atoms with Crippen LogP contribution in [0.15, 0.2) is 42.7 Å². The van der Waals surface area contributed by atoms with Gasteiger partial charge in [0.05, 0.1) is 24.4 Å². The molecule has 0 spiro atoms. The van der Waals surface area contributed by atoms with Crippen molar-refractivity contribution in [3.63, 3.8) is 0 Å². The minimum Gasteiger partial charge on any atom is -0.494 e. The first-order valence-corrected chi connectivity index (χ1v) is 10.2. The number of amides is 1. The topological polar surface area (TPSA) is 54.5 Å². The van der Waals surface area contributed by atoms with Crippen molar-refractivity contribution in [3.05, 3.63) is 58.9 Å². The number of piperidine rings is 2. The third-order valence-electron chi connectivity index (χ3n) is 6.52. The number of ether oxygens (including phenoxy) is 1. The van der Waals surface area contributed by atoms with Crippen LogP contribution in [0.25, 0.3) is 0 Å². The standard InChI is InChI=1S/C22H26ClN3O2/c1-26-14-15-8-10-22(26,11-9-15)20(16-6-4-3-5-7-16)25-21(27)19-17(23)12-24-13-18(19)28-2/h3-7,12-13,15,20H,8-11,14H2,1-2H3,(H,25,27). The van der Waals surface area contributed by atoms with Crippen LogP contribution in [-0.4, -0.2) is 42.0 Å². The van der Waals surface area contributed by atoms with Crippen LogP contribution in [-0.2, 0) is 0 Å². The summed E-state index contributed by atoms with van der Waals surface area (Å²) in [5.74, 6) is 0.928. The second-order valence-electron chi connectivity index (χ2n) is 7.94. The largest absolute Gasteiger partial charge is 0.494 e. The molecule has 3 aliphatic rings. The highest BCUT2D eigenvalue weighted by Gasteiger charge is 2.50. The van der Waals surface area contributed by atoms with E-state index in [0.717, 1.165) is 30.9 Å². The number of likely N-dealkylation sites (N-methyl/N-ethyl adjacent to an activating group) is 1. The fraction of sp³-hybridized carbons (Fsp3) is 0.455. The molecule has 1 saturated carbocycles. The van der Waals surface area contributed by atoms with Crippen molar-refractivity contribution in [2.24, 2.45) is 5.92 Å². The van der Waals surface area contributed by atoms with Gasteiger partial charge in [-0.3, -0.25) is 14.7 Å². The summed E-state index contributed by atoms with van der Waals surface area (Å²) in [5.41, 5.74) is 1.37. The second kappa shape index (κ2) is 7.72. The van der Waals surface area contributed by atoms with E-state index < -0.39 is 0 Å². The molecule has 5 rings (SSSR count). The summed E-state index contributed by atoms with van der Waals surface area (Å²) in [7, 11) is 3.71. The van der Waals surface area contributed by atoms with Gasteiger partial charge in [-0.2, -0.15) is 0 Å². The minimum atomic E-state index is -0.228. The Morgan fingerprint density at radius 2 is 2.00 bits per heavy atom. The summed E-state index contributed by atoms with van der Waals surface area (Å²) in [4.78, 5) is 19.8. The van der Waals surface area contributed by atoms with Crippen LogP contribution in [0.2, 0.25) is 5.02 Å². The molecule has 1 aromatic carbocycles. The van der Waals surface area contributed by atoms with E-state index in [2.05, 4.69) is 34.4 Å². The lowest BCUT2D eigenvalue weighted by Gasteiger charge is -2.57. The van der Waals surface area contributed by atoms with E-state index in [1.54, 1.807) is 0 Å². The Kier molecular flexibility index (Phi) is 5.30. The van der Waals surface area contributed by atoms with E-state index in [0.29, 0.717) is 16.3 Å². The number of aromatic nitrogens is 1. The lowest BCUT2D eigenvalue weighted by atomic mass is 9.66. The SMILES string of the molecule is COc1cncc(Cl)c1C(=O)NC(c1ccccc1)C12CCC(CC1)CN2C. The summed E-state index contributed by atoms with van der Waals surface area (Å²) in [6, 6.07) is 10.1. The maximum atomic E-state index is 13.3. The highest BCUT2D eigenvalue weighted by Crippen LogP contribution is 2.49. The van der Waals surface area contributed by atoms with Crippen LogP contribution in [0, 0.1) is 5.92 Å². The van der Waals surface area contributed by atoms with Crippen molar-refractivity contribution < 1.29 is 9.53 Å². The van der Waals surface area contributed by atoms with Gasteiger partial charge in [-0.25, -0.2) is 0 Å². The van der Waals surface area contributed by atoms with E-state index in [-0.39, 0.29) is 17.5 Å². The molecule has 1 amide bonds. The van der Waals surface area contributed by atoms with Gasteiger partial charge in [0.25, 0.3) is 5.91 Å². The Morgan fingerprint density at radius 3 is 2.64 bits per heavy atom. The van der Waals surface area contributed by atoms with Crippen molar-refractivity contribution in [1.82, 2.24) is 15.2 Å². The van der Waals surface area contributed by atoms with Gasteiger partial charge in [0.2, 0.25) is 0 Å². The van der Waals surface area contributed by atoms with Crippen LogP contribution in [0.1, 0.15) is 47.6 Å². The van der Waals surface area contributed by atoms with E-state index >= 15 is 0 Å². The van der Waals surface area contributed by atoms with Crippen LogP contribution in [0.5, 0.6) is 5.75 Å². The number of pyridine rings is 1. The quantitative estimate of drug-likeness (QED) is 0.822. The van der Waals surface area contributed by atoms with Gasteiger partial charge in [0.15, 0.2) is 5.75 Å². The Bertz CT molecular complexity index is 850. The molecule has 148 valence electrons. The molecular weight excluding hydrogens is 374 g/mol. The monoisotopic (exact) mass is 399 g/mol. The number of fused-ring (bicyclic) bond motifs is 3. The van der Waals surface area contributed by atoms with Gasteiger partial charge in [-0.1, -0.05) is 41.9 Å². The smallest absolute Gasteiger partial charge is 0.257 e. The molecule has 1 N–H and O–H groups in total. The first kappa shape index (κ1) is 19.2. The maximum absolute atomic E-state index is 13.3. The lowest BCUT2D eigenvalue weighted by Crippen LogP contribution is -2.62. The number of halogens is 1. The van der Waals surface area contributed by atoms with Gasteiger partial charge in [-0.05, 0) is 44.2 Å². The Balaban J connectivity index is 1.73. The Hall–Kier alpha value is -2.11. The maximum Gasteiger partial charge on any atom is 0.257 e. The number of rotatable bonds is 5. The average molecular weight is 400 g/mol. The highest BCUT2D eigenvalue weighted by atomic mass is 35.5. The fourth-order valence-corrected chi connectivity index (χ4v) is 5.22. The predicted octanol–water partition coefficient (Wildman–Crippen LogP) is 4.09. The molecule has 1 aromatic heterocycles. The average Bonchev–Trinajstić information content (AvgIpc) is 2.73. The molecule has 2 saturated heterocycles. The molecule has 5 nitrogen and oxygen atoms in total. The third-order valence-corrected chi connectivity index (χ3v) is 6.81. The molecule has 3 heterocycles. The summed E-state index contributed by atoms with van der Waals surface area (Å²) < 4.78 is 5.34. The molecular formula is C22H26ClN3O2. The van der Waals surface area contributed by atoms with Crippen molar-refractivity contribution in [2.45, 2.75) is 37.3 Å². The molecule has 2 aliphatic heterocycles. The van der Waals surface area contributed by atoms with Crippen LogP contribution >= 0.6 is 11.6 Å². The normalized spacial score (nSPS) is 25.3. The summed E-state index contributed by atoms with van der Waals surface area (Å²) in [6.45, 7) is 1.08. The van der Waals surface area contributed by atoms with Crippen molar-refractivity contribution in [1.29, 1.82) is 0 Å². The Labute approximate surface area is 171 Å². The van der Waals surface area contributed by atoms with E-state index in [9.17, 15) is 4.79 Å². The number of hydrogen-bond donors (Lipinski definition) is 1. The highest BCUT2D eigenvalue weighted by molar-refractivity contribution is 6.34. The van der Waals surface area contributed by atoms with Gasteiger partial charge in [0.1, 0.15) is 5.56 Å². The molecule has 1 atom stereocenters. The number of carbonyl (C=O) groups is 1. The molecule has 1 aliphatic carbocycles. The van der Waals surface area contributed by atoms with Gasteiger partial charge in [-0.15, -0.1) is 0 Å². The molecule has 6 heteroatoms. The van der Waals surface area contributed by atoms with E-state index in [1.807, 2.05) is 18.2 Å². The molecule has 3 fully saturated rings. The second-order valence-corrected chi connectivity index (χ2v) is 8.35. The van der Waals surface area contributed by atoms with Crippen molar-refractivity contribution in [2.75, 3.05) is 20.7 Å². The van der Waals surface area contributed by atoms with Crippen LogP contribution < -0.4 is 10.1 Å². The predicted molar refractivity (Wildman–Crippen MR) is 110 cm³/mol. The molecule has 0 radical (unpaired) electrons. The number of hydrogen-bond acceptors (Lipinski definition) is 4. The van der Waals surface area contributed by atoms with Crippen LogP contribution in [0.4, 0.5) is 0 Å². The summed E-state index contributed by atoms with van der Waals surface area (Å²) in [6.07, 6.45) is 7.58. The van der Waals surface area contributed by atoms with Gasteiger partial charge >= 0.3 is 0 Å². The third kappa shape index (κ3) is 3.27. The van der Waals surface area contributed by atoms with E-state index in [4.69, 9.17) is 16.3 Å². The number of methoxy groups -OCH3 is 1. The number of nitrogens with one attached hydrogen (secondary N) is 1. The summed E-state index contributed by atoms with van der Waals surface area (Å²) >= 11 is 6.31. The van der Waals surface area contributed by atoms with Gasteiger partial charge < -0.3 is 10.1 Å². The number of nitrogens with zero attached hydrogens (tertiary/aromatic N) is 2.